The van der Waals surface area contributed by atoms with Crippen LogP contribution in [0.4, 0.5) is 0 Å². The van der Waals surface area contributed by atoms with Crippen molar-refractivity contribution in [3.8, 4) is 0 Å². The van der Waals surface area contributed by atoms with Crippen molar-refractivity contribution >= 4 is 0 Å². The number of ether oxygens (including phenoxy) is 2. The van der Waals surface area contributed by atoms with E-state index in [1.165, 1.54) is 6.42 Å². The summed E-state index contributed by atoms with van der Waals surface area (Å²) in [5, 5.41) is 0. The predicted molar refractivity (Wildman–Crippen MR) is 58.1 cm³/mol. The Kier molecular flexibility index (Phi) is 5.20. The standard InChI is InChI=1S/C12H22O2/c1-4-7-11-10(6-3)9-13-12(14-11)8-5-2/h5,8,10-12H,4,6-7,9H2,1-3H3. The molecule has 0 aromatic heterocycles. The van der Waals surface area contributed by atoms with E-state index in [2.05, 4.69) is 13.8 Å². The van der Waals surface area contributed by atoms with E-state index in [4.69, 9.17) is 9.47 Å². The topological polar surface area (TPSA) is 18.5 Å². The van der Waals surface area contributed by atoms with Crippen LogP contribution in [-0.4, -0.2) is 19.0 Å². The third-order valence-corrected chi connectivity index (χ3v) is 2.76. The fourth-order valence-electron chi connectivity index (χ4n) is 1.88. The number of hydrogen-bond donors (Lipinski definition) is 0. The summed E-state index contributed by atoms with van der Waals surface area (Å²) >= 11 is 0. The smallest absolute Gasteiger partial charge is 0.177 e. The first kappa shape index (κ1) is 11.7. The summed E-state index contributed by atoms with van der Waals surface area (Å²) in [6.07, 6.45) is 7.72. The molecule has 0 amide bonds. The minimum absolute atomic E-state index is 0.112. The van der Waals surface area contributed by atoms with Crippen LogP contribution in [-0.2, 0) is 9.47 Å². The lowest BCUT2D eigenvalue weighted by Crippen LogP contribution is -2.38. The van der Waals surface area contributed by atoms with Crippen LogP contribution in [0.2, 0.25) is 0 Å². The van der Waals surface area contributed by atoms with Gasteiger partial charge in [-0.05, 0) is 25.8 Å². The molecule has 0 spiro atoms. The second-order valence-electron chi connectivity index (χ2n) is 3.86. The zero-order valence-corrected chi connectivity index (χ0v) is 9.53. The normalized spacial score (nSPS) is 33.8. The van der Waals surface area contributed by atoms with Crippen molar-refractivity contribution < 1.29 is 9.47 Å². The molecule has 1 aliphatic heterocycles. The average Bonchev–Trinajstić information content (AvgIpc) is 2.19. The van der Waals surface area contributed by atoms with E-state index >= 15 is 0 Å². The van der Waals surface area contributed by atoms with Crippen molar-refractivity contribution in [2.45, 2.75) is 52.4 Å². The first-order valence-corrected chi connectivity index (χ1v) is 5.71. The Bertz CT molecular complexity index is 177. The van der Waals surface area contributed by atoms with Gasteiger partial charge in [-0.3, -0.25) is 0 Å². The quantitative estimate of drug-likeness (QED) is 0.646. The highest BCUT2D eigenvalue weighted by atomic mass is 16.7. The summed E-state index contributed by atoms with van der Waals surface area (Å²) in [6.45, 7) is 7.25. The Morgan fingerprint density at radius 2 is 2.14 bits per heavy atom. The third kappa shape index (κ3) is 3.10. The van der Waals surface area contributed by atoms with Gasteiger partial charge >= 0.3 is 0 Å². The van der Waals surface area contributed by atoms with Crippen LogP contribution in [0.5, 0.6) is 0 Å². The summed E-state index contributed by atoms with van der Waals surface area (Å²) in [6, 6.07) is 0. The average molecular weight is 198 g/mol. The molecule has 3 atom stereocenters. The second-order valence-corrected chi connectivity index (χ2v) is 3.86. The Morgan fingerprint density at radius 3 is 2.71 bits per heavy atom. The lowest BCUT2D eigenvalue weighted by Gasteiger charge is -2.35. The minimum atomic E-state index is -0.112. The molecular weight excluding hydrogens is 176 g/mol. The molecule has 0 N–H and O–H groups in total. The minimum Gasteiger partial charge on any atom is -0.349 e. The lowest BCUT2D eigenvalue weighted by molar-refractivity contribution is -0.215. The van der Waals surface area contributed by atoms with Crippen LogP contribution in [0.15, 0.2) is 12.2 Å². The highest BCUT2D eigenvalue weighted by molar-refractivity contribution is 4.85. The molecule has 1 heterocycles. The zero-order chi connectivity index (χ0) is 10.4. The van der Waals surface area contributed by atoms with Crippen LogP contribution >= 0.6 is 0 Å². The van der Waals surface area contributed by atoms with Crippen molar-refractivity contribution in [2.75, 3.05) is 6.61 Å². The maximum absolute atomic E-state index is 5.86. The summed E-state index contributed by atoms with van der Waals surface area (Å²) in [5.74, 6) is 0.580. The van der Waals surface area contributed by atoms with Crippen LogP contribution in [0.25, 0.3) is 0 Å². The van der Waals surface area contributed by atoms with Gasteiger partial charge in [0, 0.05) is 5.92 Å². The van der Waals surface area contributed by atoms with E-state index in [-0.39, 0.29) is 6.29 Å². The Labute approximate surface area is 87.3 Å². The fourth-order valence-corrected chi connectivity index (χ4v) is 1.88. The molecular formula is C12H22O2. The lowest BCUT2D eigenvalue weighted by atomic mass is 9.96. The van der Waals surface area contributed by atoms with Gasteiger partial charge < -0.3 is 9.47 Å². The van der Waals surface area contributed by atoms with Crippen molar-refractivity contribution in [1.29, 1.82) is 0 Å². The number of rotatable bonds is 4. The van der Waals surface area contributed by atoms with Crippen molar-refractivity contribution in [2.24, 2.45) is 5.92 Å². The molecule has 3 unspecified atom stereocenters. The first-order chi connectivity index (χ1) is 6.81. The molecule has 14 heavy (non-hydrogen) atoms. The van der Waals surface area contributed by atoms with E-state index in [0.29, 0.717) is 12.0 Å². The molecule has 0 aromatic carbocycles. The molecule has 0 bridgehead atoms. The number of hydrogen-bond acceptors (Lipinski definition) is 2. The van der Waals surface area contributed by atoms with Crippen LogP contribution in [0.3, 0.4) is 0 Å². The largest absolute Gasteiger partial charge is 0.349 e. The second kappa shape index (κ2) is 6.20. The molecule has 1 aliphatic rings. The Morgan fingerprint density at radius 1 is 1.36 bits per heavy atom. The van der Waals surface area contributed by atoms with Gasteiger partial charge in [0.15, 0.2) is 6.29 Å². The zero-order valence-electron chi connectivity index (χ0n) is 9.53. The predicted octanol–water partition coefficient (Wildman–Crippen LogP) is 3.13. The van der Waals surface area contributed by atoms with Gasteiger partial charge in [0.1, 0.15) is 0 Å². The van der Waals surface area contributed by atoms with E-state index in [1.54, 1.807) is 0 Å². The van der Waals surface area contributed by atoms with Crippen LogP contribution in [0.1, 0.15) is 40.0 Å². The number of allylic oxidation sites excluding steroid dienone is 1. The molecule has 0 radical (unpaired) electrons. The van der Waals surface area contributed by atoms with Crippen molar-refractivity contribution in [3.63, 3.8) is 0 Å². The van der Waals surface area contributed by atoms with Crippen molar-refractivity contribution in [1.82, 2.24) is 0 Å². The highest BCUT2D eigenvalue weighted by Crippen LogP contribution is 2.25. The third-order valence-electron chi connectivity index (χ3n) is 2.76. The van der Waals surface area contributed by atoms with Gasteiger partial charge in [-0.1, -0.05) is 26.3 Å². The fraction of sp³-hybridized carbons (Fsp3) is 0.833. The van der Waals surface area contributed by atoms with Gasteiger partial charge in [-0.15, -0.1) is 0 Å². The van der Waals surface area contributed by atoms with Gasteiger partial charge in [0.25, 0.3) is 0 Å². The molecule has 2 heteroatoms. The molecule has 82 valence electrons. The van der Waals surface area contributed by atoms with Gasteiger partial charge in [-0.25, -0.2) is 0 Å². The van der Waals surface area contributed by atoms with Gasteiger partial charge in [0.2, 0.25) is 0 Å². The highest BCUT2D eigenvalue weighted by Gasteiger charge is 2.28. The molecule has 0 saturated carbocycles. The van der Waals surface area contributed by atoms with Crippen molar-refractivity contribution in [3.05, 3.63) is 12.2 Å². The summed E-state index contributed by atoms with van der Waals surface area (Å²) in [4.78, 5) is 0. The molecule has 1 rings (SSSR count). The first-order valence-electron chi connectivity index (χ1n) is 5.71. The SMILES string of the molecule is CC=CC1OCC(CC)C(CCC)O1. The monoisotopic (exact) mass is 198 g/mol. The van der Waals surface area contributed by atoms with E-state index in [9.17, 15) is 0 Å². The van der Waals surface area contributed by atoms with E-state index in [1.807, 2.05) is 19.1 Å². The molecule has 0 aliphatic carbocycles. The van der Waals surface area contributed by atoms with Crippen LogP contribution < -0.4 is 0 Å². The molecule has 1 saturated heterocycles. The molecule has 0 aromatic rings. The van der Waals surface area contributed by atoms with Gasteiger partial charge in [-0.2, -0.15) is 0 Å². The van der Waals surface area contributed by atoms with E-state index < -0.39 is 0 Å². The Hall–Kier alpha value is -0.340. The Balaban J connectivity index is 2.47. The molecule has 1 fully saturated rings. The van der Waals surface area contributed by atoms with E-state index in [0.717, 1.165) is 19.4 Å². The summed E-state index contributed by atoms with van der Waals surface area (Å²) in [5.41, 5.74) is 0. The maximum Gasteiger partial charge on any atom is 0.177 e. The maximum atomic E-state index is 5.86. The van der Waals surface area contributed by atoms with Gasteiger partial charge in [0.05, 0.1) is 12.7 Å². The summed E-state index contributed by atoms with van der Waals surface area (Å²) < 4.78 is 11.5. The van der Waals surface area contributed by atoms with Crippen LogP contribution in [0, 0.1) is 5.92 Å². The molecule has 2 nitrogen and oxygen atoms in total. The summed E-state index contributed by atoms with van der Waals surface area (Å²) in [7, 11) is 0.